The number of nitrogens with two attached hydrogens (primary N) is 1. The summed E-state index contributed by atoms with van der Waals surface area (Å²) in [6.45, 7) is 13.2. The van der Waals surface area contributed by atoms with Gasteiger partial charge in [0.05, 0.1) is 23.1 Å². The molecule has 16 heteroatoms. The molecule has 15 nitrogen and oxygen atoms in total. The molecule has 0 spiro atoms. The molecule has 3 aliphatic heterocycles. The molecule has 0 saturated carbocycles. The lowest BCUT2D eigenvalue weighted by molar-refractivity contribution is -0.140. The van der Waals surface area contributed by atoms with Gasteiger partial charge in [0, 0.05) is 82.5 Å². The average Bonchev–Trinajstić information content (AvgIpc) is 3.91. The first kappa shape index (κ1) is 50.1. The molecule has 3 aromatic rings. The van der Waals surface area contributed by atoms with Gasteiger partial charge in [0.25, 0.3) is 0 Å². The van der Waals surface area contributed by atoms with E-state index in [1.165, 1.54) is 0 Å². The average molecular weight is 920 g/mol. The normalized spacial score (nSPS) is 20.2. The number of carbonyl (C=O) groups excluding carboxylic acids is 4. The number of nitrogens with zero attached hydrogens (tertiary/aromatic N) is 6. The van der Waals surface area contributed by atoms with E-state index in [9.17, 15) is 24.3 Å². The molecule has 0 unspecified atom stereocenters. The Morgan fingerprint density at radius 1 is 0.877 bits per heavy atom. The zero-order valence-electron chi connectivity index (χ0n) is 39.3. The van der Waals surface area contributed by atoms with E-state index in [0.29, 0.717) is 76.3 Å². The van der Waals surface area contributed by atoms with Gasteiger partial charge in [0.15, 0.2) is 0 Å². The van der Waals surface area contributed by atoms with Crippen LogP contribution in [0, 0.1) is 5.41 Å². The topological polar surface area (TPSA) is 193 Å². The van der Waals surface area contributed by atoms with Gasteiger partial charge >= 0.3 is 0 Å². The number of anilines is 1. The molecule has 0 radical (unpaired) electrons. The number of β-amino-alcohol motifs (C(OH)–C–C–N with tert-alkyl or cyclic N) is 1. The van der Waals surface area contributed by atoms with Gasteiger partial charge in [0.2, 0.25) is 23.6 Å². The fraction of sp³-hybridized carbons (Fsp3) is 0.673. The smallest absolute Gasteiger partial charge is 0.246 e. The number of likely N-dealkylation sites (tertiary alicyclic amines) is 1. The number of hydrogen-bond donors (Lipinski definition) is 5. The molecule has 2 aromatic heterocycles. The summed E-state index contributed by atoms with van der Waals surface area (Å²) in [7, 11) is 0. The molecule has 3 saturated heterocycles. The molecule has 65 heavy (non-hydrogen) atoms. The largest absolute Gasteiger partial charge is 0.391 e. The molecule has 3 fully saturated rings. The predicted molar refractivity (Wildman–Crippen MR) is 256 cm³/mol. The van der Waals surface area contributed by atoms with Crippen molar-refractivity contribution in [1.29, 1.82) is 0 Å². The van der Waals surface area contributed by atoms with Gasteiger partial charge in [-0.2, -0.15) is 0 Å². The first-order valence-corrected chi connectivity index (χ1v) is 24.7. The number of piperidine rings is 1. The van der Waals surface area contributed by atoms with Crippen LogP contribution < -0.4 is 21.3 Å². The maximum atomic E-state index is 13.9. The van der Waals surface area contributed by atoms with E-state index in [2.05, 4.69) is 35.4 Å². The fourth-order valence-electron chi connectivity index (χ4n) is 9.62. The summed E-state index contributed by atoms with van der Waals surface area (Å²) in [5, 5.41) is 17.9. The molecular weight excluding hydrogens is 844 g/mol. The van der Waals surface area contributed by atoms with Crippen molar-refractivity contribution in [3.63, 3.8) is 0 Å². The minimum atomic E-state index is -0.998. The second kappa shape index (κ2) is 23.4. The molecule has 4 atom stereocenters. The predicted octanol–water partition coefficient (Wildman–Crippen LogP) is 6.10. The Balaban J connectivity index is 0.820. The first-order valence-electron chi connectivity index (χ1n) is 24.3. The third-order valence-electron chi connectivity index (χ3n) is 13.8. The Bertz CT molecular complexity index is 2010. The number of amides is 4. The summed E-state index contributed by atoms with van der Waals surface area (Å²) in [5.74, 6) is 0.748. The van der Waals surface area contributed by atoms with Crippen LogP contribution in [-0.2, 0) is 19.2 Å². The van der Waals surface area contributed by atoms with Crippen LogP contribution in [0.25, 0.3) is 11.0 Å². The monoisotopic (exact) mass is 919 g/mol. The van der Waals surface area contributed by atoms with E-state index in [-0.39, 0.29) is 35.7 Å². The van der Waals surface area contributed by atoms with Crippen LogP contribution >= 0.6 is 11.6 Å². The second-order valence-corrected chi connectivity index (χ2v) is 20.4. The van der Waals surface area contributed by atoms with Gasteiger partial charge in [0.1, 0.15) is 23.8 Å². The highest BCUT2D eigenvalue weighted by molar-refractivity contribution is 6.30. The summed E-state index contributed by atoms with van der Waals surface area (Å²) in [4.78, 5) is 73.3. The summed E-state index contributed by atoms with van der Waals surface area (Å²) in [6.07, 6.45) is 15.6. The van der Waals surface area contributed by atoms with E-state index >= 15 is 0 Å². The summed E-state index contributed by atoms with van der Waals surface area (Å²) >= 11 is 6.24. The number of benzene rings is 1. The number of piperazine rings is 1. The lowest BCUT2D eigenvalue weighted by Gasteiger charge is -2.39. The van der Waals surface area contributed by atoms with Gasteiger partial charge < -0.3 is 41.2 Å². The molecule has 358 valence electrons. The molecule has 4 amide bonds. The van der Waals surface area contributed by atoms with Gasteiger partial charge in [-0.05, 0) is 74.6 Å². The molecule has 1 aromatic carbocycles. The Labute approximate surface area is 391 Å². The number of aliphatic hydroxyl groups excluding tert-OH is 1. The van der Waals surface area contributed by atoms with E-state index < -0.39 is 23.1 Å². The number of unbranched alkanes of at least 4 members (excludes halogenated alkanes) is 8. The van der Waals surface area contributed by atoms with Crippen LogP contribution in [-0.4, -0.2) is 134 Å². The highest BCUT2D eigenvalue weighted by atomic mass is 35.5. The van der Waals surface area contributed by atoms with Crippen LogP contribution in [0.15, 0.2) is 42.9 Å². The van der Waals surface area contributed by atoms with Crippen LogP contribution in [0.1, 0.15) is 136 Å². The van der Waals surface area contributed by atoms with Crippen LogP contribution in [0.2, 0.25) is 5.02 Å². The van der Waals surface area contributed by atoms with Gasteiger partial charge in [-0.15, -0.1) is 0 Å². The van der Waals surface area contributed by atoms with Crippen molar-refractivity contribution in [1.82, 2.24) is 40.3 Å². The first-order chi connectivity index (χ1) is 31.1. The van der Waals surface area contributed by atoms with Crippen molar-refractivity contribution in [3.8, 4) is 0 Å². The number of fused-ring (bicyclic) bond motifs is 1. The number of halogens is 1. The quantitative estimate of drug-likeness (QED) is 0.0780. The summed E-state index contributed by atoms with van der Waals surface area (Å²) in [6, 6.07) is 8.75. The Morgan fingerprint density at radius 3 is 2.12 bits per heavy atom. The van der Waals surface area contributed by atoms with Crippen molar-refractivity contribution in [2.75, 3.05) is 57.3 Å². The van der Waals surface area contributed by atoms with Crippen LogP contribution in [0.4, 0.5) is 5.82 Å². The lowest BCUT2D eigenvalue weighted by atomic mass is 9.85. The lowest BCUT2D eigenvalue weighted by Crippen LogP contribution is -2.60. The minimum absolute atomic E-state index is 0.0330. The number of nitrogens with one attached hydrogen (secondary N) is 3. The van der Waals surface area contributed by atoms with E-state index in [1.54, 1.807) is 11.2 Å². The third kappa shape index (κ3) is 14.1. The number of carbonyl (C=O) groups is 4. The maximum absolute atomic E-state index is 13.9. The third-order valence-corrected chi connectivity index (χ3v) is 14.1. The highest BCUT2D eigenvalue weighted by Gasteiger charge is 2.41. The maximum Gasteiger partial charge on any atom is 0.246 e. The standard InChI is InChI=1S/C49H75ClN10O5/c1-35-32-38(61)33-60(35)46(64)43(48(2,3)4)56-41(62)14-12-10-8-6-5-7-9-11-13-15-42(63)58-30-28-57(29-31-58)25-21-40(36-16-18-37(50)19-17-36)55-47(65)49(51)22-26-59(27-23-49)45-39-20-24-52-44(39)53-34-54-45/h16-20,24,34-35,38,40,43,61H,5-15,21-23,25-33,51H2,1-4H3,(H,55,65)(H,56,62)(H,52,53,54)/t35-,38-,40+,43-/m1/s1. The highest BCUT2D eigenvalue weighted by Crippen LogP contribution is 2.30. The number of rotatable bonds is 21. The van der Waals surface area contributed by atoms with E-state index in [1.807, 2.05) is 69.1 Å². The number of aromatic amines is 1. The van der Waals surface area contributed by atoms with Gasteiger partial charge in [-0.3, -0.25) is 24.1 Å². The van der Waals surface area contributed by atoms with Crippen molar-refractivity contribution >= 4 is 52.1 Å². The zero-order valence-corrected chi connectivity index (χ0v) is 40.1. The molecule has 0 bridgehead atoms. The number of aromatic nitrogens is 3. The van der Waals surface area contributed by atoms with Crippen LogP contribution in [0.5, 0.6) is 0 Å². The molecule has 0 aliphatic carbocycles. The summed E-state index contributed by atoms with van der Waals surface area (Å²) < 4.78 is 0. The number of hydrogen-bond acceptors (Lipinski definition) is 10. The van der Waals surface area contributed by atoms with Gasteiger partial charge in [-0.25, -0.2) is 9.97 Å². The van der Waals surface area contributed by atoms with Crippen LogP contribution in [0.3, 0.4) is 0 Å². The van der Waals surface area contributed by atoms with Crippen molar-refractivity contribution in [2.24, 2.45) is 11.1 Å². The Hall–Kier alpha value is -4.31. The molecular formula is C49H75ClN10O5. The van der Waals surface area contributed by atoms with Crippen molar-refractivity contribution in [2.45, 2.75) is 154 Å². The van der Waals surface area contributed by atoms with Crippen molar-refractivity contribution in [3.05, 3.63) is 53.4 Å². The van der Waals surface area contributed by atoms with Gasteiger partial charge in [-0.1, -0.05) is 89.5 Å². The summed E-state index contributed by atoms with van der Waals surface area (Å²) in [5.41, 5.74) is 7.19. The molecule has 6 N–H and O–H groups in total. The number of H-pyrrole nitrogens is 1. The van der Waals surface area contributed by atoms with Crippen molar-refractivity contribution < 1.29 is 24.3 Å². The van der Waals surface area contributed by atoms with E-state index in [4.69, 9.17) is 17.3 Å². The SMILES string of the molecule is C[C@@H]1C[C@@H](O)CN1C(=O)[C@@H](NC(=O)CCCCCCCCCCCC(=O)N1CCN(CC[C@H](NC(=O)C2(N)CCN(c3ncnc4[nH]ccc34)CC2)c2ccc(Cl)cc2)CC1)C(C)(C)C. The molecule has 6 rings (SSSR count). The van der Waals surface area contributed by atoms with E-state index in [0.717, 1.165) is 99.8 Å². The number of aliphatic hydroxyl groups is 1. The Morgan fingerprint density at radius 2 is 1.51 bits per heavy atom. The fourth-order valence-corrected chi connectivity index (χ4v) is 9.75. The second-order valence-electron chi connectivity index (χ2n) is 19.9. The molecule has 3 aliphatic rings. The zero-order chi connectivity index (χ0) is 46.6. The minimum Gasteiger partial charge on any atom is -0.391 e. The Kier molecular flexibility index (Phi) is 18.1. The molecule has 5 heterocycles.